The van der Waals surface area contributed by atoms with Crippen LogP contribution in [0.15, 0.2) is 54.6 Å². The monoisotopic (exact) mass is 292 g/mol. The number of halogens is 1. The van der Waals surface area contributed by atoms with Crippen LogP contribution in [0.25, 0.3) is 0 Å². The first-order valence-corrected chi connectivity index (χ1v) is 6.63. The molecule has 2 nitrogen and oxygen atoms in total. The Bertz CT molecular complexity index is 499. The van der Waals surface area contributed by atoms with E-state index in [1.165, 1.54) is 5.56 Å². The number of aryl methyl sites for hydroxylation is 1. The number of hydrogen-bond acceptors (Lipinski definition) is 2. The van der Waals surface area contributed by atoms with E-state index < -0.39 is 0 Å². The van der Waals surface area contributed by atoms with Gasteiger partial charge in [0.05, 0.1) is 13.2 Å². The molecule has 2 aromatic rings. The third-order valence-corrected chi connectivity index (χ3v) is 3.21. The van der Waals surface area contributed by atoms with Crippen LogP contribution in [0.2, 0.25) is 0 Å². The van der Waals surface area contributed by atoms with Gasteiger partial charge in [-0.1, -0.05) is 42.5 Å². The zero-order valence-electron chi connectivity index (χ0n) is 11.7. The maximum absolute atomic E-state index is 10.1. The normalized spacial score (nSPS) is 11.5. The molecule has 0 spiro atoms. The molecule has 0 fully saturated rings. The van der Waals surface area contributed by atoms with E-state index in [1.807, 2.05) is 42.5 Å². The Balaban J connectivity index is 0.00000200. The van der Waals surface area contributed by atoms with Gasteiger partial charge in [0.15, 0.2) is 0 Å². The number of aliphatic hydroxyl groups excluding tert-OH is 1. The van der Waals surface area contributed by atoms with Crippen LogP contribution in [0, 0.1) is 0 Å². The zero-order chi connectivity index (χ0) is 13.5. The molecule has 0 aliphatic carbocycles. The summed E-state index contributed by atoms with van der Waals surface area (Å²) in [7, 11) is 1.66. The van der Waals surface area contributed by atoms with E-state index in [1.54, 1.807) is 7.11 Å². The maximum Gasteiger partial charge on any atom is 0.119 e. The lowest BCUT2D eigenvalue weighted by atomic mass is 10.0. The minimum Gasteiger partial charge on any atom is -0.497 e. The zero-order valence-corrected chi connectivity index (χ0v) is 12.5. The van der Waals surface area contributed by atoms with Gasteiger partial charge < -0.3 is 9.84 Å². The molecule has 0 amide bonds. The van der Waals surface area contributed by atoms with Gasteiger partial charge in [-0.2, -0.15) is 0 Å². The lowest BCUT2D eigenvalue weighted by Crippen LogP contribution is -2.11. The van der Waals surface area contributed by atoms with Crippen molar-refractivity contribution in [1.82, 2.24) is 0 Å². The predicted molar refractivity (Wildman–Crippen MR) is 84.7 cm³/mol. The van der Waals surface area contributed by atoms with Gasteiger partial charge >= 0.3 is 0 Å². The minimum absolute atomic E-state index is 0. The Kier molecular flexibility index (Phi) is 7.13. The fourth-order valence-electron chi connectivity index (χ4n) is 2.15. The van der Waals surface area contributed by atoms with Crippen molar-refractivity contribution in [2.75, 3.05) is 7.11 Å². The molecule has 0 aromatic heterocycles. The van der Waals surface area contributed by atoms with Gasteiger partial charge in [0.2, 0.25) is 0 Å². The second-order valence-corrected chi connectivity index (χ2v) is 4.73. The lowest BCUT2D eigenvalue weighted by Gasteiger charge is -2.11. The minimum atomic E-state index is -0.313. The highest BCUT2D eigenvalue weighted by atomic mass is 35.5. The third kappa shape index (κ3) is 5.24. The van der Waals surface area contributed by atoms with E-state index in [4.69, 9.17) is 4.74 Å². The van der Waals surface area contributed by atoms with Gasteiger partial charge in [0.1, 0.15) is 5.75 Å². The van der Waals surface area contributed by atoms with Crippen LogP contribution in [0.5, 0.6) is 5.75 Å². The molecular formula is C17H21ClO2. The van der Waals surface area contributed by atoms with Crippen molar-refractivity contribution in [1.29, 1.82) is 0 Å². The molecule has 0 bridgehead atoms. The van der Waals surface area contributed by atoms with Gasteiger partial charge in [-0.3, -0.25) is 0 Å². The Morgan fingerprint density at radius 2 is 1.70 bits per heavy atom. The molecule has 20 heavy (non-hydrogen) atoms. The van der Waals surface area contributed by atoms with E-state index in [9.17, 15) is 5.11 Å². The molecule has 0 saturated carbocycles. The average molecular weight is 293 g/mol. The molecule has 2 rings (SSSR count). The first-order chi connectivity index (χ1) is 9.28. The number of hydrogen-bond donors (Lipinski definition) is 1. The summed E-state index contributed by atoms with van der Waals surface area (Å²) in [6, 6.07) is 18.1. The van der Waals surface area contributed by atoms with Crippen LogP contribution < -0.4 is 4.74 Å². The molecule has 0 aliphatic heterocycles. The number of methoxy groups -OCH3 is 1. The van der Waals surface area contributed by atoms with Crippen molar-refractivity contribution in [3.63, 3.8) is 0 Å². The van der Waals surface area contributed by atoms with Crippen LogP contribution in [0.1, 0.15) is 17.5 Å². The quantitative estimate of drug-likeness (QED) is 0.880. The molecule has 108 valence electrons. The number of ether oxygens (including phenoxy) is 1. The Labute approximate surface area is 126 Å². The molecule has 1 atom stereocenters. The predicted octanol–water partition coefficient (Wildman–Crippen LogP) is 3.65. The average Bonchev–Trinajstić information content (AvgIpc) is 2.46. The maximum atomic E-state index is 10.1. The third-order valence-electron chi connectivity index (χ3n) is 3.21. The van der Waals surface area contributed by atoms with Crippen LogP contribution in [0.4, 0.5) is 0 Å². The summed E-state index contributed by atoms with van der Waals surface area (Å²) in [5.41, 5.74) is 2.38. The van der Waals surface area contributed by atoms with Crippen molar-refractivity contribution in [3.05, 3.63) is 65.7 Å². The van der Waals surface area contributed by atoms with Gasteiger partial charge in [0, 0.05) is 0 Å². The highest BCUT2D eigenvalue weighted by molar-refractivity contribution is 5.85. The van der Waals surface area contributed by atoms with Gasteiger partial charge in [-0.05, 0) is 42.5 Å². The summed E-state index contributed by atoms with van der Waals surface area (Å²) in [6.45, 7) is 0. The van der Waals surface area contributed by atoms with Crippen LogP contribution in [-0.4, -0.2) is 18.3 Å². The van der Waals surface area contributed by atoms with Crippen LogP contribution in [0.3, 0.4) is 0 Å². The fourth-order valence-corrected chi connectivity index (χ4v) is 2.15. The molecule has 2 aromatic carbocycles. The van der Waals surface area contributed by atoms with E-state index in [2.05, 4.69) is 12.1 Å². The summed E-state index contributed by atoms with van der Waals surface area (Å²) in [6.07, 6.45) is 2.05. The number of rotatable bonds is 6. The van der Waals surface area contributed by atoms with Crippen LogP contribution in [-0.2, 0) is 12.8 Å². The standard InChI is InChI=1S/C17H20O2.ClH/c1-19-17-9-5-8-15(13-17)12-16(18)11-10-14-6-3-2-4-7-14;/h2-9,13,16,18H,10-12H2,1H3;1H. The van der Waals surface area contributed by atoms with Gasteiger partial charge in [0.25, 0.3) is 0 Å². The summed E-state index contributed by atoms with van der Waals surface area (Å²) >= 11 is 0. The summed E-state index contributed by atoms with van der Waals surface area (Å²) in [4.78, 5) is 0. The molecular weight excluding hydrogens is 272 g/mol. The van der Waals surface area contributed by atoms with Crippen molar-refractivity contribution in [2.45, 2.75) is 25.4 Å². The fraction of sp³-hybridized carbons (Fsp3) is 0.294. The van der Waals surface area contributed by atoms with Crippen molar-refractivity contribution >= 4 is 12.4 Å². The largest absolute Gasteiger partial charge is 0.497 e. The van der Waals surface area contributed by atoms with Crippen molar-refractivity contribution < 1.29 is 9.84 Å². The van der Waals surface area contributed by atoms with E-state index in [0.29, 0.717) is 6.42 Å². The molecule has 0 aliphatic rings. The smallest absolute Gasteiger partial charge is 0.119 e. The summed E-state index contributed by atoms with van der Waals surface area (Å²) < 4.78 is 5.18. The molecule has 3 heteroatoms. The number of aliphatic hydroxyl groups is 1. The van der Waals surface area contributed by atoms with Gasteiger partial charge in [-0.15, -0.1) is 12.4 Å². The van der Waals surface area contributed by atoms with Crippen molar-refractivity contribution in [2.24, 2.45) is 0 Å². The molecule has 0 heterocycles. The Morgan fingerprint density at radius 1 is 1.00 bits per heavy atom. The first kappa shape index (κ1) is 16.5. The topological polar surface area (TPSA) is 29.5 Å². The first-order valence-electron chi connectivity index (χ1n) is 6.63. The Hall–Kier alpha value is -1.51. The molecule has 1 unspecified atom stereocenters. The second-order valence-electron chi connectivity index (χ2n) is 4.73. The van der Waals surface area contributed by atoms with E-state index >= 15 is 0 Å². The lowest BCUT2D eigenvalue weighted by molar-refractivity contribution is 0.165. The molecule has 0 saturated heterocycles. The summed E-state index contributed by atoms with van der Waals surface area (Å²) in [5.74, 6) is 0.841. The SMILES string of the molecule is COc1cccc(CC(O)CCc2ccccc2)c1.Cl. The highest BCUT2D eigenvalue weighted by Crippen LogP contribution is 2.15. The van der Waals surface area contributed by atoms with Crippen molar-refractivity contribution in [3.8, 4) is 5.75 Å². The molecule has 0 radical (unpaired) electrons. The highest BCUT2D eigenvalue weighted by Gasteiger charge is 2.06. The van der Waals surface area contributed by atoms with E-state index in [-0.39, 0.29) is 18.5 Å². The Morgan fingerprint density at radius 3 is 2.40 bits per heavy atom. The van der Waals surface area contributed by atoms with Gasteiger partial charge in [-0.25, -0.2) is 0 Å². The molecule has 1 N–H and O–H groups in total. The van der Waals surface area contributed by atoms with E-state index in [0.717, 1.165) is 24.2 Å². The second kappa shape index (κ2) is 8.62. The summed E-state index contributed by atoms with van der Waals surface area (Å²) in [5, 5.41) is 10.1. The number of benzene rings is 2. The van der Waals surface area contributed by atoms with Crippen LogP contribution >= 0.6 is 12.4 Å².